The lowest BCUT2D eigenvalue weighted by Crippen LogP contribution is -2.23. The lowest BCUT2D eigenvalue weighted by Gasteiger charge is -2.19. The van der Waals surface area contributed by atoms with E-state index in [2.05, 4.69) is 15.5 Å². The SMILES string of the molecule is Cc1nnc(S[C@@H](C)C(=O)Nc2ccc3c(c2)OCCO3)n1C. The lowest BCUT2D eigenvalue weighted by atomic mass is 10.2. The number of thioether (sulfide) groups is 1. The number of hydrogen-bond donors (Lipinski definition) is 1. The van der Waals surface area contributed by atoms with Crippen LogP contribution in [0.1, 0.15) is 12.7 Å². The molecular formula is C15H18N4O3S. The lowest BCUT2D eigenvalue weighted by molar-refractivity contribution is -0.115. The van der Waals surface area contributed by atoms with Crippen LogP contribution in [0.5, 0.6) is 11.5 Å². The number of fused-ring (bicyclic) bond motifs is 1. The van der Waals surface area contributed by atoms with E-state index < -0.39 is 0 Å². The summed E-state index contributed by atoms with van der Waals surface area (Å²) in [4.78, 5) is 12.3. The number of carbonyl (C=O) groups excluding carboxylic acids is 1. The predicted molar refractivity (Wildman–Crippen MR) is 87.1 cm³/mol. The fourth-order valence-corrected chi connectivity index (χ4v) is 2.93. The number of nitrogens with one attached hydrogen (secondary N) is 1. The molecule has 2 heterocycles. The van der Waals surface area contributed by atoms with Crippen molar-refractivity contribution < 1.29 is 14.3 Å². The first-order chi connectivity index (χ1) is 11.0. The van der Waals surface area contributed by atoms with Crippen molar-refractivity contribution in [3.8, 4) is 11.5 Å². The summed E-state index contributed by atoms with van der Waals surface area (Å²) in [7, 11) is 1.88. The van der Waals surface area contributed by atoms with E-state index in [1.807, 2.05) is 25.5 Å². The normalized spacial score (nSPS) is 14.4. The Balaban J connectivity index is 1.65. The second-order valence-corrected chi connectivity index (χ2v) is 6.50. The van der Waals surface area contributed by atoms with Crippen LogP contribution < -0.4 is 14.8 Å². The second-order valence-electron chi connectivity index (χ2n) is 5.20. The first-order valence-electron chi connectivity index (χ1n) is 7.28. The predicted octanol–water partition coefficient (Wildman–Crippen LogP) is 2.01. The molecule has 1 aromatic heterocycles. The molecule has 122 valence electrons. The summed E-state index contributed by atoms with van der Waals surface area (Å²) in [6, 6.07) is 5.37. The molecule has 0 saturated heterocycles. The molecular weight excluding hydrogens is 316 g/mol. The van der Waals surface area contributed by atoms with Gasteiger partial charge in [-0.15, -0.1) is 10.2 Å². The summed E-state index contributed by atoms with van der Waals surface area (Å²) in [5.74, 6) is 2.06. The van der Waals surface area contributed by atoms with Gasteiger partial charge in [0.2, 0.25) is 5.91 Å². The standard InChI is InChI=1S/C15H18N4O3S/c1-9(23-15-18-17-10(2)19(15)3)14(20)16-11-4-5-12-13(8-11)22-7-6-21-12/h4-5,8-9H,6-7H2,1-3H3,(H,16,20)/t9-/m0/s1. The van der Waals surface area contributed by atoms with Gasteiger partial charge in [-0.05, 0) is 26.0 Å². The van der Waals surface area contributed by atoms with Crippen molar-refractivity contribution in [1.82, 2.24) is 14.8 Å². The topological polar surface area (TPSA) is 78.3 Å². The molecule has 7 nitrogen and oxygen atoms in total. The molecule has 0 spiro atoms. The zero-order valence-electron chi connectivity index (χ0n) is 13.2. The zero-order valence-corrected chi connectivity index (χ0v) is 14.0. The molecule has 1 atom stereocenters. The molecule has 23 heavy (non-hydrogen) atoms. The van der Waals surface area contributed by atoms with Crippen molar-refractivity contribution in [1.29, 1.82) is 0 Å². The van der Waals surface area contributed by atoms with E-state index in [0.29, 0.717) is 35.6 Å². The Morgan fingerprint density at radius 3 is 2.74 bits per heavy atom. The highest BCUT2D eigenvalue weighted by Gasteiger charge is 2.19. The van der Waals surface area contributed by atoms with Gasteiger partial charge in [0.05, 0.1) is 5.25 Å². The molecule has 1 N–H and O–H groups in total. The minimum absolute atomic E-state index is 0.104. The number of carbonyl (C=O) groups is 1. The monoisotopic (exact) mass is 334 g/mol. The summed E-state index contributed by atoms with van der Waals surface area (Å²) in [5, 5.41) is 11.4. The maximum absolute atomic E-state index is 12.3. The molecule has 0 unspecified atom stereocenters. The van der Waals surface area contributed by atoms with Gasteiger partial charge in [0.25, 0.3) is 0 Å². The van der Waals surface area contributed by atoms with Crippen LogP contribution >= 0.6 is 11.8 Å². The Hall–Kier alpha value is -2.22. The maximum atomic E-state index is 12.3. The van der Waals surface area contributed by atoms with E-state index in [0.717, 1.165) is 5.82 Å². The van der Waals surface area contributed by atoms with Crippen LogP contribution in [0.25, 0.3) is 0 Å². The van der Waals surface area contributed by atoms with Gasteiger partial charge in [0.1, 0.15) is 19.0 Å². The van der Waals surface area contributed by atoms with Crippen LogP contribution in [0.4, 0.5) is 5.69 Å². The van der Waals surface area contributed by atoms with Gasteiger partial charge in [-0.1, -0.05) is 11.8 Å². The number of benzene rings is 1. The van der Waals surface area contributed by atoms with E-state index in [4.69, 9.17) is 9.47 Å². The molecule has 0 radical (unpaired) electrons. The minimum Gasteiger partial charge on any atom is -0.486 e. The van der Waals surface area contributed by atoms with E-state index in [1.54, 1.807) is 18.2 Å². The number of amides is 1. The number of hydrogen-bond acceptors (Lipinski definition) is 6. The Morgan fingerprint density at radius 2 is 2.04 bits per heavy atom. The van der Waals surface area contributed by atoms with Crippen LogP contribution in [0, 0.1) is 6.92 Å². The van der Waals surface area contributed by atoms with Crippen LogP contribution in [0.3, 0.4) is 0 Å². The molecule has 1 amide bonds. The summed E-state index contributed by atoms with van der Waals surface area (Å²) in [6.07, 6.45) is 0. The number of aromatic nitrogens is 3. The van der Waals surface area contributed by atoms with Crippen LogP contribution in [-0.4, -0.2) is 39.1 Å². The first kappa shape index (κ1) is 15.7. The number of ether oxygens (including phenoxy) is 2. The smallest absolute Gasteiger partial charge is 0.237 e. The number of aryl methyl sites for hydroxylation is 1. The molecule has 2 aromatic rings. The Morgan fingerprint density at radius 1 is 1.30 bits per heavy atom. The molecule has 1 aliphatic heterocycles. The number of rotatable bonds is 4. The van der Waals surface area contributed by atoms with Gasteiger partial charge in [0.15, 0.2) is 16.7 Å². The molecule has 8 heteroatoms. The molecule has 0 fully saturated rings. The molecule has 1 aliphatic rings. The Bertz CT molecular complexity index is 732. The molecule has 0 saturated carbocycles. The number of nitrogens with zero attached hydrogens (tertiary/aromatic N) is 3. The third-order valence-electron chi connectivity index (χ3n) is 3.51. The summed E-state index contributed by atoms with van der Waals surface area (Å²) in [6.45, 7) is 4.77. The van der Waals surface area contributed by atoms with Crippen LogP contribution in [0.2, 0.25) is 0 Å². The van der Waals surface area contributed by atoms with Crippen LogP contribution in [-0.2, 0) is 11.8 Å². The minimum atomic E-state index is -0.300. The fourth-order valence-electron chi connectivity index (χ4n) is 2.07. The average molecular weight is 334 g/mol. The summed E-state index contributed by atoms with van der Waals surface area (Å²) < 4.78 is 12.8. The third kappa shape index (κ3) is 3.42. The van der Waals surface area contributed by atoms with E-state index in [9.17, 15) is 4.79 Å². The second kappa shape index (κ2) is 6.49. The number of anilines is 1. The van der Waals surface area contributed by atoms with Crippen molar-refractivity contribution in [2.75, 3.05) is 18.5 Å². The Labute approximate surface area is 138 Å². The van der Waals surface area contributed by atoms with Gasteiger partial charge in [-0.25, -0.2) is 0 Å². The highest BCUT2D eigenvalue weighted by molar-refractivity contribution is 8.00. The van der Waals surface area contributed by atoms with Gasteiger partial charge in [-0.2, -0.15) is 0 Å². The van der Waals surface area contributed by atoms with Gasteiger partial charge in [0, 0.05) is 18.8 Å². The van der Waals surface area contributed by atoms with Crippen molar-refractivity contribution in [3.63, 3.8) is 0 Å². The van der Waals surface area contributed by atoms with Crippen molar-refractivity contribution in [2.45, 2.75) is 24.3 Å². The largest absolute Gasteiger partial charge is 0.486 e. The molecule has 0 aliphatic carbocycles. The maximum Gasteiger partial charge on any atom is 0.237 e. The Kier molecular flexibility index (Phi) is 4.42. The molecule has 3 rings (SSSR count). The highest BCUT2D eigenvalue weighted by Crippen LogP contribution is 2.33. The zero-order chi connectivity index (χ0) is 16.4. The van der Waals surface area contributed by atoms with Gasteiger partial charge < -0.3 is 19.4 Å². The van der Waals surface area contributed by atoms with Gasteiger partial charge in [-0.3, -0.25) is 4.79 Å². The summed E-state index contributed by atoms with van der Waals surface area (Å²) >= 11 is 1.37. The average Bonchev–Trinajstić information content (AvgIpc) is 2.86. The van der Waals surface area contributed by atoms with Crippen LogP contribution in [0.15, 0.2) is 23.4 Å². The van der Waals surface area contributed by atoms with Crippen molar-refractivity contribution in [3.05, 3.63) is 24.0 Å². The molecule has 1 aromatic carbocycles. The first-order valence-corrected chi connectivity index (χ1v) is 8.15. The highest BCUT2D eigenvalue weighted by atomic mass is 32.2. The van der Waals surface area contributed by atoms with Crippen molar-refractivity contribution in [2.24, 2.45) is 7.05 Å². The fraction of sp³-hybridized carbons (Fsp3) is 0.400. The van der Waals surface area contributed by atoms with E-state index in [-0.39, 0.29) is 11.2 Å². The van der Waals surface area contributed by atoms with E-state index in [1.165, 1.54) is 11.8 Å². The van der Waals surface area contributed by atoms with Gasteiger partial charge >= 0.3 is 0 Å². The molecule has 0 bridgehead atoms. The van der Waals surface area contributed by atoms with E-state index >= 15 is 0 Å². The third-order valence-corrected chi connectivity index (χ3v) is 4.65. The van der Waals surface area contributed by atoms with Crippen molar-refractivity contribution >= 4 is 23.4 Å². The quantitative estimate of drug-likeness (QED) is 0.862. The summed E-state index contributed by atoms with van der Waals surface area (Å²) in [5.41, 5.74) is 0.681.